The molecule has 4 nitrogen and oxygen atoms in total. The zero-order valence-electron chi connectivity index (χ0n) is 11.0. The SMILES string of the molecule is CCSCCC(C)NS(=O)(=O)c1ccc(Br)cc1N. The van der Waals surface area contributed by atoms with E-state index >= 15 is 0 Å². The van der Waals surface area contributed by atoms with Crippen molar-refractivity contribution in [2.24, 2.45) is 0 Å². The molecule has 0 bridgehead atoms. The first-order valence-electron chi connectivity index (χ1n) is 6.02. The van der Waals surface area contributed by atoms with E-state index in [9.17, 15) is 8.42 Å². The Morgan fingerprint density at radius 1 is 1.47 bits per heavy atom. The minimum Gasteiger partial charge on any atom is -0.398 e. The van der Waals surface area contributed by atoms with E-state index in [4.69, 9.17) is 5.73 Å². The molecule has 1 atom stereocenters. The molecule has 0 saturated heterocycles. The Hall–Kier alpha value is -0.240. The zero-order chi connectivity index (χ0) is 14.5. The maximum Gasteiger partial charge on any atom is 0.242 e. The van der Waals surface area contributed by atoms with Gasteiger partial charge in [0.25, 0.3) is 0 Å². The average Bonchev–Trinajstić information content (AvgIpc) is 2.27. The second-order valence-electron chi connectivity index (χ2n) is 4.19. The van der Waals surface area contributed by atoms with Gasteiger partial charge in [0, 0.05) is 10.5 Å². The molecule has 1 aromatic rings. The number of sulfonamides is 1. The van der Waals surface area contributed by atoms with Crippen LogP contribution in [0.5, 0.6) is 0 Å². The summed E-state index contributed by atoms with van der Waals surface area (Å²) in [6.07, 6.45) is 0.800. The largest absolute Gasteiger partial charge is 0.398 e. The molecule has 0 spiro atoms. The van der Waals surface area contributed by atoms with E-state index < -0.39 is 10.0 Å². The topological polar surface area (TPSA) is 72.2 Å². The van der Waals surface area contributed by atoms with Gasteiger partial charge in [-0.2, -0.15) is 11.8 Å². The maximum absolute atomic E-state index is 12.2. The summed E-state index contributed by atoms with van der Waals surface area (Å²) in [5.74, 6) is 1.98. The lowest BCUT2D eigenvalue weighted by atomic mass is 10.3. The predicted molar refractivity (Wildman–Crippen MR) is 86.0 cm³/mol. The van der Waals surface area contributed by atoms with Gasteiger partial charge in [-0.25, -0.2) is 13.1 Å². The highest BCUT2D eigenvalue weighted by atomic mass is 79.9. The van der Waals surface area contributed by atoms with Crippen molar-refractivity contribution in [1.29, 1.82) is 0 Å². The van der Waals surface area contributed by atoms with Crippen molar-refractivity contribution in [3.63, 3.8) is 0 Å². The van der Waals surface area contributed by atoms with Gasteiger partial charge in [-0.1, -0.05) is 22.9 Å². The van der Waals surface area contributed by atoms with Crippen LogP contribution in [0.2, 0.25) is 0 Å². The fourth-order valence-electron chi connectivity index (χ4n) is 1.56. The van der Waals surface area contributed by atoms with Crippen molar-refractivity contribution < 1.29 is 8.42 Å². The van der Waals surface area contributed by atoms with Gasteiger partial charge in [0.15, 0.2) is 0 Å². The number of hydrogen-bond acceptors (Lipinski definition) is 4. The fraction of sp³-hybridized carbons (Fsp3) is 0.500. The normalized spacial score (nSPS) is 13.4. The van der Waals surface area contributed by atoms with Crippen molar-refractivity contribution in [2.75, 3.05) is 17.2 Å². The van der Waals surface area contributed by atoms with Crippen LogP contribution >= 0.6 is 27.7 Å². The molecule has 3 N–H and O–H groups in total. The van der Waals surface area contributed by atoms with E-state index in [2.05, 4.69) is 27.6 Å². The van der Waals surface area contributed by atoms with Crippen molar-refractivity contribution in [3.05, 3.63) is 22.7 Å². The van der Waals surface area contributed by atoms with Crippen LogP contribution in [-0.4, -0.2) is 26.0 Å². The molecule has 0 heterocycles. The van der Waals surface area contributed by atoms with Crippen molar-refractivity contribution in [2.45, 2.75) is 31.2 Å². The molecule has 108 valence electrons. The third-order valence-electron chi connectivity index (χ3n) is 2.52. The average molecular weight is 367 g/mol. The van der Waals surface area contributed by atoms with E-state index in [1.54, 1.807) is 23.9 Å². The highest BCUT2D eigenvalue weighted by Crippen LogP contribution is 2.23. The van der Waals surface area contributed by atoms with Gasteiger partial charge in [-0.05, 0) is 43.0 Å². The molecule has 0 aliphatic heterocycles. The number of nitrogens with one attached hydrogen (secondary N) is 1. The van der Waals surface area contributed by atoms with Crippen molar-refractivity contribution >= 4 is 43.4 Å². The lowest BCUT2D eigenvalue weighted by Gasteiger charge is -2.15. The summed E-state index contributed by atoms with van der Waals surface area (Å²) in [6.45, 7) is 3.95. The molecule has 0 fully saturated rings. The smallest absolute Gasteiger partial charge is 0.242 e. The molecule has 1 unspecified atom stereocenters. The number of benzene rings is 1. The molecule has 0 aliphatic rings. The molecule has 0 saturated carbocycles. The first kappa shape index (κ1) is 16.8. The summed E-state index contributed by atoms with van der Waals surface area (Å²) in [5, 5.41) is 0. The number of rotatable bonds is 7. The van der Waals surface area contributed by atoms with Crippen LogP contribution in [0.25, 0.3) is 0 Å². The quantitative estimate of drug-likeness (QED) is 0.574. The molecule has 19 heavy (non-hydrogen) atoms. The molecule has 0 radical (unpaired) electrons. The molecule has 0 aliphatic carbocycles. The van der Waals surface area contributed by atoms with Crippen LogP contribution in [0.4, 0.5) is 5.69 Å². The van der Waals surface area contributed by atoms with Gasteiger partial charge < -0.3 is 5.73 Å². The van der Waals surface area contributed by atoms with Gasteiger partial charge in [0.1, 0.15) is 4.90 Å². The summed E-state index contributed by atoms with van der Waals surface area (Å²) >= 11 is 5.06. The van der Waals surface area contributed by atoms with Gasteiger partial charge in [0.05, 0.1) is 5.69 Å². The van der Waals surface area contributed by atoms with Gasteiger partial charge in [-0.3, -0.25) is 0 Å². The Balaban J connectivity index is 2.75. The summed E-state index contributed by atoms with van der Waals surface area (Å²) < 4.78 is 27.8. The number of anilines is 1. The van der Waals surface area contributed by atoms with E-state index in [0.29, 0.717) is 0 Å². The van der Waals surface area contributed by atoms with Crippen LogP contribution in [0.1, 0.15) is 20.3 Å². The highest BCUT2D eigenvalue weighted by Gasteiger charge is 2.19. The lowest BCUT2D eigenvalue weighted by Crippen LogP contribution is -2.33. The minimum absolute atomic E-state index is 0.105. The highest BCUT2D eigenvalue weighted by molar-refractivity contribution is 9.10. The summed E-state index contributed by atoms with van der Waals surface area (Å²) in [4.78, 5) is 0.130. The summed E-state index contributed by atoms with van der Waals surface area (Å²) in [5.41, 5.74) is 6.00. The third kappa shape index (κ3) is 5.33. The predicted octanol–water partition coefficient (Wildman–Crippen LogP) is 2.84. The standard InChI is InChI=1S/C12H19BrN2O2S2/c1-3-18-7-6-9(2)15-19(16,17)12-5-4-10(13)8-11(12)14/h4-5,8-9,15H,3,6-7,14H2,1-2H3. The van der Waals surface area contributed by atoms with Crippen LogP contribution in [0.3, 0.4) is 0 Å². The van der Waals surface area contributed by atoms with E-state index in [-0.39, 0.29) is 16.6 Å². The maximum atomic E-state index is 12.2. The lowest BCUT2D eigenvalue weighted by molar-refractivity contribution is 0.557. The van der Waals surface area contributed by atoms with E-state index in [0.717, 1.165) is 22.4 Å². The number of thioether (sulfide) groups is 1. The molecule has 0 aromatic heterocycles. The molecule has 1 rings (SSSR count). The molecule has 7 heteroatoms. The Bertz CT molecular complexity index is 520. The van der Waals surface area contributed by atoms with Crippen LogP contribution in [-0.2, 0) is 10.0 Å². The Morgan fingerprint density at radius 2 is 2.16 bits per heavy atom. The van der Waals surface area contributed by atoms with Crippen LogP contribution in [0, 0.1) is 0 Å². The van der Waals surface area contributed by atoms with Crippen molar-refractivity contribution in [1.82, 2.24) is 4.72 Å². The zero-order valence-corrected chi connectivity index (χ0v) is 14.2. The number of halogens is 1. The van der Waals surface area contributed by atoms with Crippen molar-refractivity contribution in [3.8, 4) is 0 Å². The molecular weight excluding hydrogens is 348 g/mol. The Morgan fingerprint density at radius 3 is 2.74 bits per heavy atom. The summed E-state index contributed by atoms with van der Waals surface area (Å²) in [7, 11) is -3.55. The first-order valence-corrected chi connectivity index (χ1v) is 9.45. The number of nitrogens with two attached hydrogens (primary N) is 1. The van der Waals surface area contributed by atoms with Gasteiger partial charge in [0.2, 0.25) is 10.0 Å². The second-order valence-corrected chi connectivity index (χ2v) is 8.18. The number of nitrogen functional groups attached to an aromatic ring is 1. The minimum atomic E-state index is -3.55. The van der Waals surface area contributed by atoms with E-state index in [1.165, 1.54) is 6.07 Å². The molecule has 0 amide bonds. The van der Waals surface area contributed by atoms with Gasteiger partial charge in [-0.15, -0.1) is 0 Å². The fourth-order valence-corrected chi connectivity index (χ4v) is 4.13. The van der Waals surface area contributed by atoms with E-state index in [1.807, 2.05) is 6.92 Å². The Kier molecular flexibility index (Phi) is 6.65. The molecular formula is C12H19BrN2O2S2. The monoisotopic (exact) mass is 366 g/mol. The number of hydrogen-bond donors (Lipinski definition) is 2. The molecule has 1 aromatic carbocycles. The summed E-state index contributed by atoms with van der Waals surface area (Å²) in [6, 6.07) is 4.66. The third-order valence-corrected chi connectivity index (χ3v) is 5.61. The van der Waals surface area contributed by atoms with Gasteiger partial charge >= 0.3 is 0 Å². The Labute approximate surface area is 127 Å². The van der Waals surface area contributed by atoms with Crippen LogP contribution in [0.15, 0.2) is 27.6 Å². The first-order chi connectivity index (χ1) is 8.86. The van der Waals surface area contributed by atoms with Crippen LogP contribution < -0.4 is 10.5 Å². The second kappa shape index (κ2) is 7.52.